The average molecular weight is 357 g/mol. The summed E-state index contributed by atoms with van der Waals surface area (Å²) in [7, 11) is 0. The first-order chi connectivity index (χ1) is 12.0. The van der Waals surface area contributed by atoms with Crippen molar-refractivity contribution in [2.45, 2.75) is 20.4 Å². The minimum atomic E-state index is -0.526. The topological polar surface area (TPSA) is 64.0 Å². The number of pyridine rings is 1. The van der Waals surface area contributed by atoms with Gasteiger partial charge in [0.1, 0.15) is 11.4 Å². The minimum absolute atomic E-state index is 0.00987. The maximum atomic E-state index is 13.8. The number of rotatable bonds is 4. The van der Waals surface area contributed by atoms with E-state index in [9.17, 15) is 14.0 Å². The summed E-state index contributed by atoms with van der Waals surface area (Å²) in [5, 5.41) is 3.09. The molecule has 0 aliphatic carbocycles. The summed E-state index contributed by atoms with van der Waals surface area (Å²) in [6.45, 7) is 3.82. The molecule has 7 heteroatoms. The predicted molar refractivity (Wildman–Crippen MR) is 95.7 cm³/mol. The Bertz CT molecular complexity index is 974. The summed E-state index contributed by atoms with van der Waals surface area (Å²) in [4.78, 5) is 30.2. The average Bonchev–Trinajstić information content (AvgIpc) is 2.89. The molecule has 0 saturated carbocycles. The van der Waals surface area contributed by atoms with E-state index in [4.69, 9.17) is 0 Å². The molecule has 1 N–H and O–H groups in total. The van der Waals surface area contributed by atoms with Gasteiger partial charge in [-0.1, -0.05) is 18.2 Å². The van der Waals surface area contributed by atoms with Crippen LogP contribution in [0.15, 0.2) is 47.4 Å². The van der Waals surface area contributed by atoms with Gasteiger partial charge in [0.05, 0.1) is 12.2 Å². The first kappa shape index (κ1) is 17.0. The molecule has 25 heavy (non-hydrogen) atoms. The quantitative estimate of drug-likeness (QED) is 0.779. The first-order valence-corrected chi connectivity index (χ1v) is 8.45. The molecule has 0 unspecified atom stereocenters. The number of carbonyl (C=O) groups is 1. The first-order valence-electron chi connectivity index (χ1n) is 7.64. The Morgan fingerprint density at radius 3 is 2.68 bits per heavy atom. The van der Waals surface area contributed by atoms with Gasteiger partial charge in [-0.05, 0) is 32.0 Å². The Hall–Kier alpha value is -2.80. The molecule has 1 amide bonds. The van der Waals surface area contributed by atoms with Crippen LogP contribution in [0.1, 0.15) is 26.5 Å². The van der Waals surface area contributed by atoms with E-state index in [1.54, 1.807) is 24.3 Å². The number of benzene rings is 1. The lowest BCUT2D eigenvalue weighted by Gasteiger charge is -2.08. The van der Waals surface area contributed by atoms with Crippen LogP contribution in [-0.2, 0) is 6.54 Å². The van der Waals surface area contributed by atoms with Crippen LogP contribution in [-0.4, -0.2) is 15.5 Å². The lowest BCUT2D eigenvalue weighted by Crippen LogP contribution is -2.29. The predicted octanol–water partition coefficient (Wildman–Crippen LogP) is 3.36. The number of anilines is 1. The van der Waals surface area contributed by atoms with Crippen LogP contribution >= 0.6 is 11.3 Å². The molecule has 3 aromatic rings. The van der Waals surface area contributed by atoms with Crippen molar-refractivity contribution in [3.63, 3.8) is 0 Å². The molecule has 128 valence electrons. The number of aromatic nitrogens is 2. The van der Waals surface area contributed by atoms with E-state index in [0.29, 0.717) is 10.7 Å². The number of hydrogen-bond acceptors (Lipinski definition) is 4. The number of carbonyl (C=O) groups excluding carboxylic acids is 1. The Morgan fingerprint density at radius 2 is 2.00 bits per heavy atom. The maximum Gasteiger partial charge on any atom is 0.263 e. The molecule has 0 aliphatic heterocycles. The van der Waals surface area contributed by atoms with Crippen LogP contribution in [0.2, 0.25) is 0 Å². The van der Waals surface area contributed by atoms with Crippen LogP contribution in [0.4, 0.5) is 9.52 Å². The summed E-state index contributed by atoms with van der Waals surface area (Å²) in [6, 6.07) is 9.27. The van der Waals surface area contributed by atoms with E-state index in [-0.39, 0.29) is 12.1 Å². The van der Waals surface area contributed by atoms with Crippen LogP contribution in [0.25, 0.3) is 0 Å². The van der Waals surface area contributed by atoms with Crippen LogP contribution < -0.4 is 10.9 Å². The van der Waals surface area contributed by atoms with Crippen molar-refractivity contribution in [2.24, 2.45) is 0 Å². The van der Waals surface area contributed by atoms with Gasteiger partial charge >= 0.3 is 0 Å². The van der Waals surface area contributed by atoms with Gasteiger partial charge in [0.2, 0.25) is 0 Å². The van der Waals surface area contributed by atoms with Gasteiger partial charge < -0.3 is 4.57 Å². The molecule has 1 aromatic carbocycles. The molecule has 3 rings (SSSR count). The van der Waals surface area contributed by atoms with Crippen molar-refractivity contribution < 1.29 is 9.18 Å². The van der Waals surface area contributed by atoms with E-state index < -0.39 is 17.3 Å². The molecule has 5 nitrogen and oxygen atoms in total. The number of aryl methyl sites for hydroxylation is 2. The molecule has 2 aromatic heterocycles. The normalized spacial score (nSPS) is 10.7. The number of halogens is 1. The molecule has 0 aliphatic rings. The maximum absolute atomic E-state index is 13.8. The molecule has 0 radical (unpaired) electrons. The molecular formula is C18H16FN3O2S. The van der Waals surface area contributed by atoms with Crippen molar-refractivity contribution in [3.05, 3.63) is 80.5 Å². The highest BCUT2D eigenvalue weighted by atomic mass is 32.1. The molecule has 0 fully saturated rings. The summed E-state index contributed by atoms with van der Waals surface area (Å²) in [6.07, 6.45) is 1.53. The second-order valence-corrected chi connectivity index (χ2v) is 6.76. The monoisotopic (exact) mass is 357 g/mol. The largest absolute Gasteiger partial charge is 0.310 e. The van der Waals surface area contributed by atoms with Crippen molar-refractivity contribution in [1.29, 1.82) is 0 Å². The van der Waals surface area contributed by atoms with E-state index in [2.05, 4.69) is 10.3 Å². The smallest absolute Gasteiger partial charge is 0.263 e. The molecular weight excluding hydrogens is 341 g/mol. The summed E-state index contributed by atoms with van der Waals surface area (Å²) >= 11 is 1.35. The highest BCUT2D eigenvalue weighted by Crippen LogP contribution is 2.21. The summed E-state index contributed by atoms with van der Waals surface area (Å²) < 4.78 is 15.1. The van der Waals surface area contributed by atoms with Gasteiger partial charge in [0, 0.05) is 16.6 Å². The second kappa shape index (κ2) is 6.98. The highest BCUT2D eigenvalue weighted by Gasteiger charge is 2.15. The van der Waals surface area contributed by atoms with E-state index in [1.807, 2.05) is 13.8 Å². The third-order valence-electron chi connectivity index (χ3n) is 3.81. The fourth-order valence-electron chi connectivity index (χ4n) is 2.33. The van der Waals surface area contributed by atoms with Gasteiger partial charge in [0.15, 0.2) is 5.13 Å². The van der Waals surface area contributed by atoms with E-state index >= 15 is 0 Å². The Balaban J connectivity index is 1.86. The van der Waals surface area contributed by atoms with Gasteiger partial charge in [-0.3, -0.25) is 14.9 Å². The number of thiazole rings is 1. The lowest BCUT2D eigenvalue weighted by molar-refractivity contribution is 0.102. The minimum Gasteiger partial charge on any atom is -0.310 e. The van der Waals surface area contributed by atoms with Crippen LogP contribution in [0.3, 0.4) is 0 Å². The fraction of sp³-hybridized carbons (Fsp3) is 0.167. The van der Waals surface area contributed by atoms with Gasteiger partial charge in [-0.2, -0.15) is 0 Å². The lowest BCUT2D eigenvalue weighted by atomic mass is 10.2. The number of nitrogens with one attached hydrogen (secondary N) is 1. The third-order valence-corrected chi connectivity index (χ3v) is 4.80. The zero-order chi connectivity index (χ0) is 18.0. The zero-order valence-corrected chi connectivity index (χ0v) is 14.6. The van der Waals surface area contributed by atoms with Crippen molar-refractivity contribution >= 4 is 22.4 Å². The Labute approximate surface area is 147 Å². The number of hydrogen-bond donors (Lipinski definition) is 1. The van der Waals surface area contributed by atoms with E-state index in [1.165, 1.54) is 34.2 Å². The molecule has 2 heterocycles. The fourth-order valence-corrected chi connectivity index (χ4v) is 3.14. The van der Waals surface area contributed by atoms with Gasteiger partial charge in [0.25, 0.3) is 11.5 Å². The van der Waals surface area contributed by atoms with Crippen molar-refractivity contribution in [3.8, 4) is 0 Å². The molecule has 0 atom stereocenters. The van der Waals surface area contributed by atoms with Gasteiger partial charge in [-0.15, -0.1) is 11.3 Å². The molecule has 0 spiro atoms. The summed E-state index contributed by atoms with van der Waals surface area (Å²) in [5.74, 6) is -0.917. The second-order valence-electron chi connectivity index (χ2n) is 5.56. The van der Waals surface area contributed by atoms with Crippen LogP contribution in [0.5, 0.6) is 0 Å². The van der Waals surface area contributed by atoms with E-state index in [0.717, 1.165) is 10.6 Å². The highest BCUT2D eigenvalue weighted by molar-refractivity contribution is 7.15. The molecule has 0 bridgehead atoms. The molecule has 0 saturated heterocycles. The third kappa shape index (κ3) is 3.66. The van der Waals surface area contributed by atoms with Crippen LogP contribution in [0, 0.1) is 19.7 Å². The number of amides is 1. The van der Waals surface area contributed by atoms with Crippen molar-refractivity contribution in [1.82, 2.24) is 9.55 Å². The SMILES string of the molecule is Cc1nc(NC(=O)c2cccn(Cc3ccccc3F)c2=O)sc1C. The summed E-state index contributed by atoms with van der Waals surface area (Å²) in [5.41, 5.74) is 0.733. The number of nitrogens with zero attached hydrogens (tertiary/aromatic N) is 2. The zero-order valence-electron chi connectivity index (χ0n) is 13.7. The Morgan fingerprint density at radius 1 is 1.24 bits per heavy atom. The standard InChI is InChI=1S/C18H16FN3O2S/c1-11-12(2)25-18(20-11)21-16(23)14-7-5-9-22(17(14)24)10-13-6-3-4-8-15(13)19/h3-9H,10H2,1-2H3,(H,20,21,23). The van der Waals surface area contributed by atoms with Gasteiger partial charge in [-0.25, -0.2) is 9.37 Å². The van der Waals surface area contributed by atoms with Crippen molar-refractivity contribution in [2.75, 3.05) is 5.32 Å². The Kier molecular flexibility index (Phi) is 4.76.